The molecule has 3 heterocycles. The van der Waals surface area contributed by atoms with Gasteiger partial charge in [-0.05, 0) is 42.7 Å². The van der Waals surface area contributed by atoms with Crippen LogP contribution >= 0.6 is 0 Å². The lowest BCUT2D eigenvalue weighted by Gasteiger charge is -2.38. The summed E-state index contributed by atoms with van der Waals surface area (Å²) in [5, 5.41) is 14.0. The second kappa shape index (κ2) is 7.51. The van der Waals surface area contributed by atoms with E-state index in [9.17, 15) is 13.2 Å². The van der Waals surface area contributed by atoms with Crippen LogP contribution in [0.5, 0.6) is 5.75 Å². The molecule has 0 atom stereocenters. The van der Waals surface area contributed by atoms with Crippen LogP contribution in [0.1, 0.15) is 24.2 Å². The maximum absolute atomic E-state index is 13.1. The number of anilines is 1. The van der Waals surface area contributed by atoms with Crippen LogP contribution in [0.15, 0.2) is 36.4 Å². The summed E-state index contributed by atoms with van der Waals surface area (Å²) in [6.45, 7) is 1.73. The molecule has 4 rings (SSSR count). The van der Waals surface area contributed by atoms with Crippen LogP contribution in [-0.2, 0) is 16.3 Å². The van der Waals surface area contributed by atoms with Gasteiger partial charge >= 0.3 is 6.18 Å². The van der Waals surface area contributed by atoms with Crippen LogP contribution in [0.4, 0.5) is 19.0 Å². The summed E-state index contributed by atoms with van der Waals surface area (Å²) < 4.78 is 50.8. The summed E-state index contributed by atoms with van der Waals surface area (Å²) in [4.78, 5) is 0. The summed E-state index contributed by atoms with van der Waals surface area (Å²) >= 11 is 0. The molecule has 1 aliphatic rings. The number of nitrogens with one attached hydrogen (secondary N) is 1. The Morgan fingerprint density at radius 1 is 1.10 bits per heavy atom. The first kappa shape index (κ1) is 19.4. The molecule has 1 fully saturated rings. The fraction of sp³-hybridized carbons (Fsp3) is 0.421. The molecule has 1 N–H and O–H groups in total. The standard InChI is InChI=1S/C19H20F3N5O2/c1-28-14-4-2-13(3-5-14)18(8-10-29-11-9-18)12-23-15-6-7-16-24-25-17(19(20,21)22)27(16)26-15/h2-7H,8-12H2,1H3,(H,23,26). The third kappa shape index (κ3) is 3.84. The van der Waals surface area contributed by atoms with Crippen molar-refractivity contribution in [2.75, 3.05) is 32.2 Å². The van der Waals surface area contributed by atoms with Crippen LogP contribution in [0, 0.1) is 0 Å². The molecule has 1 saturated heterocycles. The summed E-state index contributed by atoms with van der Waals surface area (Å²) in [5.74, 6) is -0.0578. The Labute approximate surface area is 164 Å². The van der Waals surface area contributed by atoms with E-state index in [1.54, 1.807) is 13.2 Å². The van der Waals surface area contributed by atoms with E-state index in [1.807, 2.05) is 24.3 Å². The Hall–Kier alpha value is -2.88. The number of hydrogen-bond donors (Lipinski definition) is 1. The van der Waals surface area contributed by atoms with Gasteiger partial charge in [-0.2, -0.15) is 17.7 Å². The summed E-state index contributed by atoms with van der Waals surface area (Å²) in [6, 6.07) is 10.9. The highest BCUT2D eigenvalue weighted by Crippen LogP contribution is 2.36. The van der Waals surface area contributed by atoms with Crippen molar-refractivity contribution in [1.29, 1.82) is 0 Å². The van der Waals surface area contributed by atoms with Gasteiger partial charge in [-0.1, -0.05) is 12.1 Å². The second-order valence-corrected chi connectivity index (χ2v) is 6.98. The molecule has 0 radical (unpaired) electrons. The van der Waals surface area contributed by atoms with Gasteiger partial charge in [-0.25, -0.2) is 0 Å². The number of fused-ring (bicyclic) bond motifs is 1. The largest absolute Gasteiger partial charge is 0.497 e. The van der Waals surface area contributed by atoms with Crippen molar-refractivity contribution in [3.05, 3.63) is 47.8 Å². The lowest BCUT2D eigenvalue weighted by Crippen LogP contribution is -2.40. The fourth-order valence-electron chi connectivity index (χ4n) is 3.59. The predicted molar refractivity (Wildman–Crippen MR) is 99.0 cm³/mol. The van der Waals surface area contributed by atoms with Crippen molar-refractivity contribution < 1.29 is 22.6 Å². The minimum Gasteiger partial charge on any atom is -0.497 e. The molecule has 7 nitrogen and oxygen atoms in total. The van der Waals surface area contributed by atoms with Crippen molar-refractivity contribution in [2.24, 2.45) is 0 Å². The minimum atomic E-state index is -4.63. The maximum Gasteiger partial charge on any atom is 0.453 e. The first-order valence-corrected chi connectivity index (χ1v) is 9.17. The molecule has 0 bridgehead atoms. The normalized spacial score (nSPS) is 16.7. The number of alkyl halides is 3. The molecule has 0 saturated carbocycles. The maximum atomic E-state index is 13.1. The van der Waals surface area contributed by atoms with E-state index < -0.39 is 12.0 Å². The van der Waals surface area contributed by atoms with E-state index in [0.29, 0.717) is 30.1 Å². The van der Waals surface area contributed by atoms with Crippen LogP contribution in [-0.4, -0.2) is 46.7 Å². The van der Waals surface area contributed by atoms with E-state index in [0.717, 1.165) is 24.2 Å². The first-order chi connectivity index (χ1) is 13.9. The van der Waals surface area contributed by atoms with Gasteiger partial charge in [0.15, 0.2) is 5.65 Å². The minimum absolute atomic E-state index is 0.0406. The molecule has 1 aliphatic heterocycles. The smallest absolute Gasteiger partial charge is 0.453 e. The number of nitrogens with zero attached hydrogens (tertiary/aromatic N) is 4. The summed E-state index contributed by atoms with van der Waals surface area (Å²) in [7, 11) is 1.61. The summed E-state index contributed by atoms with van der Waals surface area (Å²) in [6.07, 6.45) is -3.06. The number of hydrogen-bond acceptors (Lipinski definition) is 6. The van der Waals surface area contributed by atoms with Gasteiger partial charge in [0.25, 0.3) is 5.82 Å². The highest BCUT2D eigenvalue weighted by molar-refractivity contribution is 5.45. The van der Waals surface area contributed by atoms with Crippen molar-refractivity contribution in [3.63, 3.8) is 0 Å². The first-order valence-electron chi connectivity index (χ1n) is 9.17. The molecule has 0 aliphatic carbocycles. The number of methoxy groups -OCH3 is 1. The SMILES string of the molecule is COc1ccc(C2(CNc3ccc4nnc(C(F)(F)F)n4n3)CCOCC2)cc1. The van der Waals surface area contributed by atoms with E-state index in [1.165, 1.54) is 6.07 Å². The lowest BCUT2D eigenvalue weighted by molar-refractivity contribution is -0.146. The van der Waals surface area contributed by atoms with E-state index in [4.69, 9.17) is 9.47 Å². The van der Waals surface area contributed by atoms with Crippen LogP contribution in [0.3, 0.4) is 0 Å². The van der Waals surface area contributed by atoms with Crippen molar-refractivity contribution in [2.45, 2.75) is 24.4 Å². The third-order valence-corrected chi connectivity index (χ3v) is 5.28. The average Bonchev–Trinajstić information content (AvgIpc) is 3.17. The second-order valence-electron chi connectivity index (χ2n) is 6.98. The van der Waals surface area contributed by atoms with Gasteiger partial charge < -0.3 is 14.8 Å². The van der Waals surface area contributed by atoms with Crippen molar-refractivity contribution >= 4 is 11.5 Å². The average molecular weight is 407 g/mol. The molecule has 0 unspecified atom stereocenters. The molecule has 0 amide bonds. The molecule has 1 aromatic carbocycles. The highest BCUT2D eigenvalue weighted by Gasteiger charge is 2.38. The van der Waals surface area contributed by atoms with Crippen LogP contribution in [0.2, 0.25) is 0 Å². The Morgan fingerprint density at radius 2 is 1.83 bits per heavy atom. The van der Waals surface area contributed by atoms with Gasteiger partial charge in [0, 0.05) is 25.2 Å². The molecular weight excluding hydrogens is 387 g/mol. The Morgan fingerprint density at radius 3 is 2.48 bits per heavy atom. The fourth-order valence-corrected chi connectivity index (χ4v) is 3.59. The number of rotatable bonds is 5. The van der Waals surface area contributed by atoms with Crippen molar-refractivity contribution in [1.82, 2.24) is 19.8 Å². The zero-order valence-electron chi connectivity index (χ0n) is 15.7. The lowest BCUT2D eigenvalue weighted by atomic mass is 9.74. The van der Waals surface area contributed by atoms with Gasteiger partial charge in [-0.15, -0.1) is 15.3 Å². The van der Waals surface area contributed by atoms with Gasteiger partial charge in [0.1, 0.15) is 11.6 Å². The zero-order chi connectivity index (χ0) is 20.5. The van der Waals surface area contributed by atoms with E-state index in [-0.39, 0.29) is 11.1 Å². The number of benzene rings is 1. The summed E-state index contributed by atoms with van der Waals surface area (Å²) in [5.41, 5.74) is 0.940. The predicted octanol–water partition coefficient (Wildman–Crippen LogP) is 3.31. The van der Waals surface area contributed by atoms with Gasteiger partial charge in [-0.3, -0.25) is 0 Å². The van der Waals surface area contributed by atoms with Gasteiger partial charge in [0.05, 0.1) is 7.11 Å². The Balaban J connectivity index is 1.60. The van der Waals surface area contributed by atoms with Crippen LogP contribution < -0.4 is 10.1 Å². The van der Waals surface area contributed by atoms with Crippen molar-refractivity contribution in [3.8, 4) is 5.75 Å². The molecule has 2 aromatic heterocycles. The Bertz CT molecular complexity index is 982. The third-order valence-electron chi connectivity index (χ3n) is 5.28. The zero-order valence-corrected chi connectivity index (χ0v) is 15.7. The highest BCUT2D eigenvalue weighted by atomic mass is 19.4. The number of ether oxygens (including phenoxy) is 2. The number of halogens is 3. The molecule has 10 heteroatoms. The van der Waals surface area contributed by atoms with E-state index >= 15 is 0 Å². The monoisotopic (exact) mass is 407 g/mol. The quantitative estimate of drug-likeness (QED) is 0.700. The molecular formula is C19H20F3N5O2. The topological polar surface area (TPSA) is 73.6 Å². The van der Waals surface area contributed by atoms with Gasteiger partial charge in [0.2, 0.25) is 0 Å². The molecule has 154 valence electrons. The molecule has 3 aromatic rings. The molecule has 29 heavy (non-hydrogen) atoms. The number of aromatic nitrogens is 4. The molecule has 0 spiro atoms. The Kier molecular flexibility index (Phi) is 5.03. The van der Waals surface area contributed by atoms with Crippen LogP contribution in [0.25, 0.3) is 5.65 Å². The van der Waals surface area contributed by atoms with E-state index in [2.05, 4.69) is 20.6 Å².